The summed E-state index contributed by atoms with van der Waals surface area (Å²) in [5, 5.41) is 2.74. The van der Waals surface area contributed by atoms with E-state index in [1.165, 1.54) is 12.1 Å². The second-order valence-electron chi connectivity index (χ2n) is 4.58. The first-order chi connectivity index (χ1) is 10.1. The molecule has 0 heterocycles. The van der Waals surface area contributed by atoms with E-state index < -0.39 is 10.8 Å². The standard InChI is InChI=1S/C16H16FNO2S/c17-14-6-4-5-13(11-14)12-21(20)10-9-16(19)18-15-7-2-1-3-8-15/h1-8,11H,9-10,12H2,(H,18,19). The highest BCUT2D eigenvalue weighted by atomic mass is 32.2. The third kappa shape index (κ3) is 5.47. The van der Waals surface area contributed by atoms with Crippen molar-refractivity contribution in [1.29, 1.82) is 0 Å². The van der Waals surface area contributed by atoms with Crippen molar-refractivity contribution in [3.63, 3.8) is 0 Å². The molecule has 2 aromatic carbocycles. The molecule has 1 N–H and O–H groups in total. The van der Waals surface area contributed by atoms with Gasteiger partial charge in [-0.2, -0.15) is 0 Å². The molecule has 0 spiro atoms. The van der Waals surface area contributed by atoms with Gasteiger partial charge in [-0.25, -0.2) is 4.39 Å². The Morgan fingerprint density at radius 2 is 1.86 bits per heavy atom. The largest absolute Gasteiger partial charge is 0.326 e. The molecular formula is C16H16FNO2S. The van der Waals surface area contributed by atoms with Gasteiger partial charge in [0.1, 0.15) is 5.82 Å². The lowest BCUT2D eigenvalue weighted by Crippen LogP contribution is -2.15. The highest BCUT2D eigenvalue weighted by Crippen LogP contribution is 2.08. The van der Waals surface area contributed by atoms with Gasteiger partial charge in [0, 0.05) is 34.4 Å². The Hall–Kier alpha value is -2.01. The van der Waals surface area contributed by atoms with Gasteiger partial charge < -0.3 is 5.32 Å². The third-order valence-electron chi connectivity index (χ3n) is 2.83. The molecule has 1 atom stereocenters. The molecule has 0 radical (unpaired) electrons. The molecule has 0 aliphatic carbocycles. The maximum Gasteiger partial charge on any atom is 0.225 e. The smallest absolute Gasteiger partial charge is 0.225 e. The number of benzene rings is 2. The van der Waals surface area contributed by atoms with Crippen LogP contribution in [0.2, 0.25) is 0 Å². The number of hydrogen-bond acceptors (Lipinski definition) is 2. The molecule has 1 unspecified atom stereocenters. The molecule has 0 saturated heterocycles. The van der Waals surface area contributed by atoms with Crippen LogP contribution < -0.4 is 5.32 Å². The Kier molecular flexibility index (Phi) is 5.63. The Labute approximate surface area is 125 Å². The van der Waals surface area contributed by atoms with Gasteiger partial charge in [0.2, 0.25) is 5.91 Å². The summed E-state index contributed by atoms with van der Waals surface area (Å²) in [6.07, 6.45) is 0.177. The molecule has 5 heteroatoms. The van der Waals surface area contributed by atoms with E-state index in [-0.39, 0.29) is 29.7 Å². The second kappa shape index (κ2) is 7.69. The fourth-order valence-electron chi connectivity index (χ4n) is 1.84. The number of rotatable bonds is 6. The monoisotopic (exact) mass is 305 g/mol. The minimum atomic E-state index is -1.19. The topological polar surface area (TPSA) is 46.2 Å². The second-order valence-corrected chi connectivity index (χ2v) is 6.16. The summed E-state index contributed by atoms with van der Waals surface area (Å²) in [6, 6.07) is 15.1. The molecule has 3 nitrogen and oxygen atoms in total. The zero-order valence-corrected chi connectivity index (χ0v) is 12.2. The average molecular weight is 305 g/mol. The molecule has 0 aromatic heterocycles. The summed E-state index contributed by atoms with van der Waals surface area (Å²) in [5.74, 6) is 0.00562. The minimum Gasteiger partial charge on any atom is -0.326 e. The van der Waals surface area contributed by atoms with Crippen molar-refractivity contribution in [3.05, 3.63) is 66.0 Å². The highest BCUT2D eigenvalue weighted by Gasteiger charge is 2.07. The average Bonchev–Trinajstić information content (AvgIpc) is 2.46. The van der Waals surface area contributed by atoms with Crippen molar-refractivity contribution < 1.29 is 13.4 Å². The van der Waals surface area contributed by atoms with E-state index in [0.717, 1.165) is 5.69 Å². The summed E-state index contributed by atoms with van der Waals surface area (Å²) in [7, 11) is -1.19. The van der Waals surface area contributed by atoms with Gasteiger partial charge >= 0.3 is 0 Å². The van der Waals surface area contributed by atoms with Crippen LogP contribution in [0.25, 0.3) is 0 Å². The Balaban J connectivity index is 1.77. The van der Waals surface area contributed by atoms with Crippen LogP contribution in [-0.4, -0.2) is 15.9 Å². The molecule has 21 heavy (non-hydrogen) atoms. The number of carbonyl (C=O) groups excluding carboxylic acids is 1. The van der Waals surface area contributed by atoms with Crippen LogP contribution in [0.4, 0.5) is 10.1 Å². The fourth-order valence-corrected chi connectivity index (χ4v) is 2.95. The molecule has 0 fully saturated rings. The van der Waals surface area contributed by atoms with E-state index >= 15 is 0 Å². The van der Waals surface area contributed by atoms with Crippen LogP contribution in [0.1, 0.15) is 12.0 Å². The van der Waals surface area contributed by atoms with Gasteiger partial charge in [-0.15, -0.1) is 0 Å². The zero-order valence-electron chi connectivity index (χ0n) is 11.4. The quantitative estimate of drug-likeness (QED) is 0.891. The van der Waals surface area contributed by atoms with Crippen molar-refractivity contribution >= 4 is 22.4 Å². The van der Waals surface area contributed by atoms with Crippen LogP contribution in [0.3, 0.4) is 0 Å². The van der Waals surface area contributed by atoms with Crippen LogP contribution in [0, 0.1) is 5.82 Å². The highest BCUT2D eigenvalue weighted by molar-refractivity contribution is 7.84. The van der Waals surface area contributed by atoms with E-state index in [4.69, 9.17) is 0 Å². The number of hydrogen-bond donors (Lipinski definition) is 1. The van der Waals surface area contributed by atoms with E-state index in [1.54, 1.807) is 24.3 Å². The number of carbonyl (C=O) groups is 1. The van der Waals surface area contributed by atoms with Gasteiger partial charge in [0.25, 0.3) is 0 Å². The number of amides is 1. The molecule has 110 valence electrons. The van der Waals surface area contributed by atoms with Gasteiger partial charge in [-0.05, 0) is 29.8 Å². The molecule has 0 aliphatic rings. The maximum atomic E-state index is 13.0. The Bertz CT molecular complexity index is 631. The molecule has 2 rings (SSSR count). The van der Waals surface area contributed by atoms with Crippen molar-refractivity contribution in [2.75, 3.05) is 11.1 Å². The van der Waals surface area contributed by atoms with E-state index in [9.17, 15) is 13.4 Å². The first kappa shape index (κ1) is 15.4. The normalized spacial score (nSPS) is 11.9. The Morgan fingerprint density at radius 1 is 1.10 bits per heavy atom. The van der Waals surface area contributed by atoms with E-state index in [1.807, 2.05) is 18.2 Å². The number of para-hydroxylation sites is 1. The van der Waals surface area contributed by atoms with Crippen molar-refractivity contribution in [2.24, 2.45) is 0 Å². The summed E-state index contributed by atoms with van der Waals surface area (Å²) in [4.78, 5) is 11.7. The predicted octanol–water partition coefficient (Wildman–Crippen LogP) is 3.10. The van der Waals surface area contributed by atoms with E-state index in [2.05, 4.69) is 5.32 Å². The molecular weight excluding hydrogens is 289 g/mol. The van der Waals surface area contributed by atoms with E-state index in [0.29, 0.717) is 5.56 Å². The molecule has 0 aliphatic heterocycles. The van der Waals surface area contributed by atoms with Crippen LogP contribution in [0.5, 0.6) is 0 Å². The lowest BCUT2D eigenvalue weighted by molar-refractivity contribution is -0.115. The van der Waals surface area contributed by atoms with Crippen molar-refractivity contribution in [3.8, 4) is 0 Å². The lowest BCUT2D eigenvalue weighted by Gasteiger charge is -2.05. The van der Waals surface area contributed by atoms with Crippen molar-refractivity contribution in [2.45, 2.75) is 12.2 Å². The van der Waals surface area contributed by atoms with Gasteiger partial charge in [-0.1, -0.05) is 30.3 Å². The summed E-state index contributed by atoms with van der Waals surface area (Å²) in [5.41, 5.74) is 1.40. The number of halogens is 1. The zero-order chi connectivity index (χ0) is 15.1. The fraction of sp³-hybridized carbons (Fsp3) is 0.188. The summed E-state index contributed by atoms with van der Waals surface area (Å²) < 4.78 is 24.9. The van der Waals surface area contributed by atoms with Gasteiger partial charge in [-0.3, -0.25) is 9.00 Å². The lowest BCUT2D eigenvalue weighted by atomic mass is 10.2. The number of nitrogens with one attached hydrogen (secondary N) is 1. The molecule has 2 aromatic rings. The summed E-state index contributed by atoms with van der Waals surface area (Å²) >= 11 is 0. The molecule has 1 amide bonds. The third-order valence-corrected chi connectivity index (χ3v) is 4.15. The maximum absolute atomic E-state index is 13.0. The van der Waals surface area contributed by atoms with Crippen LogP contribution in [0.15, 0.2) is 54.6 Å². The number of anilines is 1. The minimum absolute atomic E-state index is 0.172. The molecule has 0 saturated carbocycles. The Morgan fingerprint density at radius 3 is 2.57 bits per heavy atom. The van der Waals surface area contributed by atoms with Gasteiger partial charge in [0.15, 0.2) is 0 Å². The van der Waals surface area contributed by atoms with Crippen molar-refractivity contribution in [1.82, 2.24) is 0 Å². The van der Waals surface area contributed by atoms with Gasteiger partial charge in [0.05, 0.1) is 0 Å². The predicted molar refractivity (Wildman–Crippen MR) is 82.8 cm³/mol. The summed E-state index contributed by atoms with van der Waals surface area (Å²) in [6.45, 7) is 0. The first-order valence-electron chi connectivity index (χ1n) is 6.58. The SMILES string of the molecule is O=C(CCS(=O)Cc1cccc(F)c1)Nc1ccccc1. The van der Waals surface area contributed by atoms with Crippen LogP contribution in [-0.2, 0) is 21.3 Å². The first-order valence-corrected chi connectivity index (χ1v) is 8.06. The van der Waals surface area contributed by atoms with Crippen LogP contribution >= 0.6 is 0 Å². The molecule has 0 bridgehead atoms.